The zero-order valence-electron chi connectivity index (χ0n) is 39.7. The molecule has 6 aromatic heterocycles. The number of phosphoric acid groups is 3. The van der Waals surface area contributed by atoms with Crippen molar-refractivity contribution in [3.8, 4) is 0 Å². The van der Waals surface area contributed by atoms with Crippen LogP contribution >= 0.6 is 31.1 Å². The van der Waals surface area contributed by atoms with Crippen molar-refractivity contribution in [3.05, 3.63) is 46.0 Å². The lowest BCUT2D eigenvalue weighted by atomic mass is 9.95. The summed E-state index contributed by atoms with van der Waals surface area (Å²) < 4.78 is 106. The molecule has 0 aromatic carbocycles. The molecule has 9 heterocycles. The number of rotatable bonds is 21. The largest absolute Gasteiger partial charge is 0.490 e. The first kappa shape index (κ1) is 56.6. The van der Waals surface area contributed by atoms with Crippen molar-refractivity contribution < 1.29 is 104 Å². The number of aliphatic hydroxyl groups is 4. The van der Waals surface area contributed by atoms with E-state index in [2.05, 4.69) is 48.5 Å². The molecule has 38 nitrogen and oxygen atoms in total. The van der Waals surface area contributed by atoms with Gasteiger partial charge < -0.3 is 80.7 Å². The predicted octanol–water partition coefficient (Wildman–Crippen LogP) is -3.61. The molecule has 422 valence electrons. The number of nitrogens with one attached hydrogen (secondary N) is 2. The molecule has 0 aliphatic carbocycles. The minimum Gasteiger partial charge on any atom is -0.396 e. The molecule has 0 amide bonds. The summed E-state index contributed by atoms with van der Waals surface area (Å²) in [5.41, 5.74) is 14.1. The molecule has 3 aliphatic heterocycles. The van der Waals surface area contributed by atoms with E-state index in [1.165, 1.54) is 33.4 Å². The summed E-state index contributed by atoms with van der Waals surface area (Å²) in [5.74, 6) is -1.68. The van der Waals surface area contributed by atoms with Gasteiger partial charge >= 0.3 is 36.7 Å². The van der Waals surface area contributed by atoms with Crippen molar-refractivity contribution in [2.75, 3.05) is 50.7 Å². The number of aliphatic hydroxyl groups excluding tert-OH is 4. The van der Waals surface area contributed by atoms with Crippen LogP contribution in [-0.4, -0.2) is 175 Å². The SMILES string of the molecule is CO[C@@H]1[C@H](P(=O)(O)OC[C@H]2O[C@@H](n3cnc4c(=O)[nH]c(N)nc43)[C@H](O)[C@@H]2O)[C@@H](CCOP(=O)(O)OP(=O)(O)OP(=O)(O)OC[C@H]2O[C@@H]([n+]3cn(C)c4c(=O)[nH]c(N)nc43)[C@H](O)[C@@H]2CCO)O[C@H]1n1cnc2c(N)ncnc21. The minimum absolute atomic E-state index is 0.0252. The van der Waals surface area contributed by atoms with Crippen LogP contribution in [0.5, 0.6) is 0 Å². The Morgan fingerprint density at radius 3 is 2.06 bits per heavy atom. The van der Waals surface area contributed by atoms with E-state index < -0.39 is 148 Å². The van der Waals surface area contributed by atoms with Crippen LogP contribution in [0.2, 0.25) is 0 Å². The Kier molecular flexibility index (Phi) is 15.8. The van der Waals surface area contributed by atoms with Crippen molar-refractivity contribution in [2.24, 2.45) is 13.0 Å². The zero-order valence-corrected chi connectivity index (χ0v) is 43.3. The highest BCUT2D eigenvalue weighted by Gasteiger charge is 2.57. The number of anilines is 3. The molecule has 77 heavy (non-hydrogen) atoms. The number of aryl methyl sites for hydroxylation is 1. The number of aromatic amines is 2. The Morgan fingerprint density at radius 2 is 1.36 bits per heavy atom. The normalized spacial score (nSPS) is 30.0. The number of aromatic nitrogens is 12. The van der Waals surface area contributed by atoms with Crippen LogP contribution in [-0.2, 0) is 66.4 Å². The third-order valence-electron chi connectivity index (χ3n) is 12.6. The summed E-state index contributed by atoms with van der Waals surface area (Å²) in [6, 6.07) is 0. The van der Waals surface area contributed by atoms with Gasteiger partial charge in [0.05, 0.1) is 51.7 Å². The highest BCUT2D eigenvalue weighted by atomic mass is 31.3. The van der Waals surface area contributed by atoms with Crippen LogP contribution < -0.4 is 32.9 Å². The molecular formula is C35H50N15O23P4+. The first-order chi connectivity index (χ1) is 36.2. The first-order valence-electron chi connectivity index (χ1n) is 22.5. The van der Waals surface area contributed by atoms with Crippen LogP contribution in [0.1, 0.15) is 31.5 Å². The van der Waals surface area contributed by atoms with Crippen molar-refractivity contribution in [1.29, 1.82) is 0 Å². The molecular weight excluding hydrogens is 1120 g/mol. The van der Waals surface area contributed by atoms with E-state index >= 15 is 0 Å². The van der Waals surface area contributed by atoms with Gasteiger partial charge in [0.25, 0.3) is 17.1 Å². The van der Waals surface area contributed by atoms with Crippen LogP contribution in [0.25, 0.3) is 33.5 Å². The van der Waals surface area contributed by atoms with Crippen LogP contribution in [0.15, 0.2) is 34.9 Å². The van der Waals surface area contributed by atoms with E-state index in [0.29, 0.717) is 0 Å². The summed E-state index contributed by atoms with van der Waals surface area (Å²) in [4.78, 5) is 96.9. The average molecular weight is 1170 g/mol. The predicted molar refractivity (Wildman–Crippen MR) is 252 cm³/mol. The number of H-pyrrole nitrogens is 2. The molecule has 0 bridgehead atoms. The van der Waals surface area contributed by atoms with Gasteiger partial charge in [0, 0.05) is 19.6 Å². The van der Waals surface area contributed by atoms with E-state index in [4.69, 9.17) is 49.7 Å². The van der Waals surface area contributed by atoms with Crippen LogP contribution in [0.3, 0.4) is 0 Å². The number of nitrogens with zero attached hydrogens (tertiary/aromatic N) is 10. The number of hydrogen-bond acceptors (Lipinski definition) is 28. The molecule has 3 saturated heterocycles. The number of methoxy groups -OCH3 is 1. The fourth-order valence-electron chi connectivity index (χ4n) is 9.30. The fourth-order valence-corrected chi connectivity index (χ4v) is 14.6. The maximum Gasteiger partial charge on any atom is 0.490 e. The van der Waals surface area contributed by atoms with Gasteiger partial charge in [0.15, 0.2) is 41.4 Å². The van der Waals surface area contributed by atoms with Gasteiger partial charge in [-0.25, -0.2) is 38.2 Å². The van der Waals surface area contributed by atoms with Crippen molar-refractivity contribution in [3.63, 3.8) is 0 Å². The molecule has 0 saturated carbocycles. The number of fused-ring (bicyclic) bond motifs is 3. The van der Waals surface area contributed by atoms with Crippen molar-refractivity contribution in [2.45, 2.75) is 79.9 Å². The summed E-state index contributed by atoms with van der Waals surface area (Å²) in [5, 5.41) is 42.9. The Morgan fingerprint density at radius 1 is 0.727 bits per heavy atom. The maximum absolute atomic E-state index is 14.4. The Hall–Kier alpha value is -5.11. The first-order valence-corrected chi connectivity index (χ1v) is 28.6. The second-order valence-corrected chi connectivity index (χ2v) is 24.1. The summed E-state index contributed by atoms with van der Waals surface area (Å²) in [7, 11) is -20.3. The molecule has 0 spiro atoms. The smallest absolute Gasteiger partial charge is 0.396 e. The second-order valence-electron chi connectivity index (χ2n) is 17.5. The summed E-state index contributed by atoms with van der Waals surface area (Å²) in [6.45, 7) is -3.41. The molecule has 4 unspecified atom stereocenters. The summed E-state index contributed by atoms with van der Waals surface area (Å²) in [6.07, 6.45) is -11.3. The van der Waals surface area contributed by atoms with Crippen molar-refractivity contribution in [1.82, 2.24) is 53.6 Å². The molecule has 0 radical (unpaired) electrons. The molecule has 3 aliphatic rings. The Balaban J connectivity index is 0.863. The number of imidazole rings is 3. The molecule has 42 heteroatoms. The van der Waals surface area contributed by atoms with Crippen LogP contribution in [0, 0.1) is 5.92 Å². The second kappa shape index (κ2) is 21.5. The van der Waals surface area contributed by atoms with E-state index in [-0.39, 0.29) is 57.6 Å². The third kappa shape index (κ3) is 11.3. The number of hydrogen-bond donors (Lipinski definition) is 13. The number of nitrogens with two attached hydrogens (primary N) is 3. The number of nitrogen functional groups attached to an aromatic ring is 3. The highest BCUT2D eigenvalue weighted by molar-refractivity contribution is 7.66. The van der Waals surface area contributed by atoms with Crippen LogP contribution in [0.4, 0.5) is 17.7 Å². The Bertz CT molecular complexity index is 3510. The monoisotopic (exact) mass is 1170 g/mol. The number of ether oxygens (including phenoxy) is 4. The van der Waals surface area contributed by atoms with E-state index in [0.717, 1.165) is 24.3 Å². The standard InChI is InChI=1S/C35H49N15O23P4/c1-47-12-50(28-19(47)30(56)46-35(38)44-28)31-20(52)13(3-5-51)15(70-31)7-68-76(61,62)73-77(63,64)72-75(59,60)66-6-4-14-24(23(65-2)33(69-14)48-10-41-17-25(36)39-9-40-26(17)48)74(57,58)67-8-16-21(53)22(54)32(71-16)49-11-42-18-27(49)43-34(37)45-29(18)55/h9-16,20-24,31-33,51-54H,3-8H2,1-2H3,(H11-,36,37,38,39,40,43,44,45,46,55,56,57,58,59,60,61,62,63,64)/p+1/t13-,14-,15-,16-,20-,21-,22-,23-,24-,31-,32-,33-/m1/s1. The quantitative estimate of drug-likeness (QED) is 0.0244. The molecule has 16 atom stereocenters. The van der Waals surface area contributed by atoms with Gasteiger partial charge in [-0.15, -0.1) is 0 Å². The molecule has 9 rings (SSSR count). The number of phosphoric ester groups is 2. The lowest BCUT2D eigenvalue weighted by Crippen LogP contribution is -2.45. The lowest BCUT2D eigenvalue weighted by Gasteiger charge is -2.28. The van der Waals surface area contributed by atoms with Gasteiger partial charge in [-0.2, -0.15) is 13.6 Å². The minimum atomic E-state index is -6.12. The van der Waals surface area contributed by atoms with E-state index in [9.17, 15) is 67.8 Å². The highest BCUT2D eigenvalue weighted by Crippen LogP contribution is 2.68. The molecule has 16 N–H and O–H groups in total. The lowest BCUT2D eigenvalue weighted by molar-refractivity contribution is -0.745. The van der Waals surface area contributed by atoms with E-state index in [1.54, 1.807) is 0 Å². The zero-order chi connectivity index (χ0) is 55.7. The van der Waals surface area contributed by atoms with Crippen molar-refractivity contribution >= 4 is 82.3 Å². The van der Waals surface area contributed by atoms with Gasteiger partial charge in [-0.05, 0) is 12.8 Å². The molecule has 3 fully saturated rings. The van der Waals surface area contributed by atoms with E-state index in [1.807, 2.05) is 0 Å². The van der Waals surface area contributed by atoms with Gasteiger partial charge in [-0.3, -0.25) is 46.9 Å². The third-order valence-corrected chi connectivity index (χ3v) is 18.8. The Labute approximate surface area is 428 Å². The van der Waals surface area contributed by atoms with Gasteiger partial charge in [-0.1, -0.05) is 4.98 Å². The summed E-state index contributed by atoms with van der Waals surface area (Å²) >= 11 is 0. The average Bonchev–Trinajstić information content (AvgIpc) is 4.24. The van der Waals surface area contributed by atoms with Gasteiger partial charge in [0.2, 0.25) is 17.7 Å². The maximum atomic E-state index is 14.4. The topological polar surface area (TPSA) is 553 Å². The van der Waals surface area contributed by atoms with Gasteiger partial charge in [0.1, 0.15) is 48.0 Å². The molecule has 6 aromatic rings. The fraction of sp³-hybridized carbons (Fsp3) is 0.571.